The fourth-order valence-corrected chi connectivity index (χ4v) is 9.36. The van der Waals surface area contributed by atoms with Gasteiger partial charge >= 0.3 is 7.48 Å². The number of hydrogen-bond acceptors (Lipinski definition) is 2. The highest BCUT2D eigenvalue weighted by atomic mass is 16.5. The SMILES string of the molecule is Bc1ccc2c(c1)C(c1cc(CCCCCC)cc(CCCCCC)c1)(c1cc(CCCCCC)cc(CCCCCC)c1)c1cc(BOC(C)(C)C(C)(C)O)ccc1-2. The second kappa shape index (κ2) is 22.1. The lowest BCUT2D eigenvalue weighted by Crippen LogP contribution is -2.49. The van der Waals surface area contributed by atoms with Crippen LogP contribution in [-0.2, 0) is 35.8 Å². The van der Waals surface area contributed by atoms with E-state index in [9.17, 15) is 5.11 Å². The van der Waals surface area contributed by atoms with Crippen LogP contribution in [0.4, 0.5) is 0 Å². The first-order chi connectivity index (χ1) is 28.4. The third-order valence-electron chi connectivity index (χ3n) is 13.7. The highest BCUT2D eigenvalue weighted by molar-refractivity contribution is 6.47. The van der Waals surface area contributed by atoms with Gasteiger partial charge in [0.05, 0.1) is 16.6 Å². The summed E-state index contributed by atoms with van der Waals surface area (Å²) < 4.78 is 6.60. The van der Waals surface area contributed by atoms with Gasteiger partial charge < -0.3 is 9.76 Å². The number of hydrogen-bond donors (Lipinski definition) is 1. The number of aryl methyl sites for hydroxylation is 4. The van der Waals surface area contributed by atoms with Gasteiger partial charge in [-0.3, -0.25) is 0 Å². The molecule has 318 valence electrons. The van der Waals surface area contributed by atoms with Crippen LogP contribution in [0.5, 0.6) is 0 Å². The molecule has 0 radical (unpaired) electrons. The molecule has 0 heterocycles. The van der Waals surface area contributed by atoms with Gasteiger partial charge in [-0.2, -0.15) is 0 Å². The highest BCUT2D eigenvalue weighted by Crippen LogP contribution is 2.56. The number of fused-ring (bicyclic) bond motifs is 3. The molecule has 0 spiro atoms. The third kappa shape index (κ3) is 11.9. The largest absolute Gasteiger partial charge is 0.427 e. The van der Waals surface area contributed by atoms with Crippen LogP contribution in [0.2, 0.25) is 0 Å². The van der Waals surface area contributed by atoms with E-state index >= 15 is 0 Å². The Morgan fingerprint density at radius 2 is 0.898 bits per heavy atom. The molecule has 4 aromatic carbocycles. The van der Waals surface area contributed by atoms with E-state index in [1.54, 1.807) is 0 Å². The van der Waals surface area contributed by atoms with Gasteiger partial charge in [-0.15, -0.1) is 0 Å². The lowest BCUT2D eigenvalue weighted by atomic mass is 9.65. The molecule has 0 aromatic heterocycles. The van der Waals surface area contributed by atoms with Crippen LogP contribution in [0.1, 0.15) is 203 Å². The van der Waals surface area contributed by atoms with E-state index in [1.807, 2.05) is 27.7 Å². The van der Waals surface area contributed by atoms with Crippen molar-refractivity contribution in [2.75, 3.05) is 0 Å². The van der Waals surface area contributed by atoms with Crippen LogP contribution in [0.15, 0.2) is 72.8 Å². The molecule has 1 aliphatic rings. The molecular weight excluding hydrogens is 714 g/mol. The van der Waals surface area contributed by atoms with Gasteiger partial charge in [0, 0.05) is 0 Å². The molecule has 5 rings (SSSR count). The molecule has 1 N–H and O–H groups in total. The number of unbranched alkanes of at least 4 members (excludes halogenated alkanes) is 12. The van der Waals surface area contributed by atoms with Crippen LogP contribution < -0.4 is 10.9 Å². The van der Waals surface area contributed by atoms with Crippen LogP contribution in [0.3, 0.4) is 0 Å². The second-order valence-electron chi connectivity index (χ2n) is 19.4. The van der Waals surface area contributed by atoms with Gasteiger partial charge in [0.2, 0.25) is 0 Å². The molecule has 59 heavy (non-hydrogen) atoms. The Hall–Kier alpha value is -3.07. The molecule has 4 heteroatoms. The van der Waals surface area contributed by atoms with Gasteiger partial charge in [0.15, 0.2) is 0 Å². The van der Waals surface area contributed by atoms with Crippen molar-refractivity contribution >= 4 is 26.3 Å². The Labute approximate surface area is 363 Å². The summed E-state index contributed by atoms with van der Waals surface area (Å²) in [4.78, 5) is 0. The summed E-state index contributed by atoms with van der Waals surface area (Å²) in [6.45, 7) is 17.0. The first-order valence-corrected chi connectivity index (χ1v) is 24.3. The Balaban J connectivity index is 1.81. The summed E-state index contributed by atoms with van der Waals surface area (Å²) in [6.07, 6.45) is 24.8. The minimum atomic E-state index is -0.975. The Kier molecular flexibility index (Phi) is 17.6. The minimum absolute atomic E-state index is 0.440. The third-order valence-corrected chi connectivity index (χ3v) is 13.7. The van der Waals surface area contributed by atoms with Crippen molar-refractivity contribution in [3.63, 3.8) is 0 Å². The first-order valence-electron chi connectivity index (χ1n) is 24.3. The zero-order valence-corrected chi connectivity index (χ0v) is 39.1. The zero-order chi connectivity index (χ0) is 42.5. The monoisotopic (exact) mass is 795 g/mol. The van der Waals surface area contributed by atoms with E-state index in [0.717, 1.165) is 31.1 Å². The summed E-state index contributed by atoms with van der Waals surface area (Å²) in [5.41, 5.74) is 14.6. The van der Waals surface area contributed by atoms with Crippen molar-refractivity contribution < 1.29 is 9.76 Å². The van der Waals surface area contributed by atoms with Crippen LogP contribution in [0, 0.1) is 0 Å². The molecular formula is C55H80B2O2. The molecule has 0 saturated carbocycles. The topological polar surface area (TPSA) is 29.5 Å². The van der Waals surface area contributed by atoms with Gasteiger partial charge in [-0.1, -0.05) is 188 Å². The average molecular weight is 795 g/mol. The molecule has 0 bridgehead atoms. The van der Waals surface area contributed by atoms with Crippen molar-refractivity contribution in [1.29, 1.82) is 0 Å². The minimum Gasteiger partial charge on any atom is -0.427 e. The van der Waals surface area contributed by atoms with Crippen LogP contribution in [0.25, 0.3) is 11.1 Å². The van der Waals surface area contributed by atoms with Gasteiger partial charge in [0.25, 0.3) is 0 Å². The number of aliphatic hydroxyl groups is 1. The molecule has 0 saturated heterocycles. The fourth-order valence-electron chi connectivity index (χ4n) is 9.36. The number of benzene rings is 4. The normalized spacial score (nSPS) is 13.4. The smallest absolute Gasteiger partial charge is 0.309 e. The highest BCUT2D eigenvalue weighted by Gasteiger charge is 2.47. The Morgan fingerprint density at radius 1 is 0.508 bits per heavy atom. The molecule has 2 nitrogen and oxygen atoms in total. The van der Waals surface area contributed by atoms with Crippen molar-refractivity contribution in [2.45, 2.75) is 200 Å². The summed E-state index contributed by atoms with van der Waals surface area (Å²) in [6, 6.07) is 30.0. The van der Waals surface area contributed by atoms with Crippen molar-refractivity contribution in [1.82, 2.24) is 0 Å². The second-order valence-corrected chi connectivity index (χ2v) is 19.4. The fraction of sp³-hybridized carbons (Fsp3) is 0.564. The molecule has 0 unspecified atom stereocenters. The summed E-state index contributed by atoms with van der Waals surface area (Å²) in [5, 5.41) is 11.0. The van der Waals surface area contributed by atoms with Crippen LogP contribution in [-0.4, -0.2) is 31.6 Å². The lowest BCUT2D eigenvalue weighted by molar-refractivity contribution is -0.0893. The Bertz CT molecular complexity index is 1790. The average Bonchev–Trinajstić information content (AvgIpc) is 3.49. The Morgan fingerprint density at radius 3 is 1.29 bits per heavy atom. The quantitative estimate of drug-likeness (QED) is 0.0446. The van der Waals surface area contributed by atoms with E-state index in [-0.39, 0.29) is 0 Å². The van der Waals surface area contributed by atoms with E-state index in [2.05, 4.69) is 108 Å². The van der Waals surface area contributed by atoms with Gasteiger partial charge in [-0.05, 0) is 135 Å². The number of rotatable bonds is 26. The van der Waals surface area contributed by atoms with Gasteiger partial charge in [0.1, 0.15) is 7.85 Å². The molecule has 0 fully saturated rings. The van der Waals surface area contributed by atoms with E-state index < -0.39 is 16.6 Å². The first kappa shape index (κ1) is 47.0. The predicted molar refractivity (Wildman–Crippen MR) is 262 cm³/mol. The molecule has 0 aliphatic heterocycles. The van der Waals surface area contributed by atoms with Crippen molar-refractivity contribution in [3.05, 3.63) is 117 Å². The van der Waals surface area contributed by atoms with E-state index in [1.165, 1.54) is 164 Å². The standard InChI is InChI=1S/C55H80B2O2/c1-9-13-17-21-25-41-33-42(26-22-18-14-10-2)36-45(35-41)55(46-37-43(27-23-19-15-11-3)34-44(38-46)28-24-20-16-12-4)51-39-47(56)29-31-49(51)50-32-30-48(40-52(50)55)57-59-54(7,8)53(5,6)58/h29-40,57-58H,9-28,56H2,1-8H3. The molecule has 0 amide bonds. The van der Waals surface area contributed by atoms with E-state index in [0.29, 0.717) is 7.48 Å². The summed E-state index contributed by atoms with van der Waals surface area (Å²) in [5.74, 6) is 0. The van der Waals surface area contributed by atoms with Crippen molar-refractivity contribution in [2.24, 2.45) is 0 Å². The summed E-state index contributed by atoms with van der Waals surface area (Å²) >= 11 is 0. The van der Waals surface area contributed by atoms with Crippen LogP contribution >= 0.6 is 0 Å². The lowest BCUT2D eigenvalue weighted by Gasteiger charge is -2.38. The zero-order valence-electron chi connectivity index (χ0n) is 39.1. The summed E-state index contributed by atoms with van der Waals surface area (Å²) in [7, 11) is 2.72. The van der Waals surface area contributed by atoms with Crippen molar-refractivity contribution in [3.8, 4) is 11.1 Å². The predicted octanol–water partition coefficient (Wildman–Crippen LogP) is 12.3. The molecule has 4 aromatic rings. The molecule has 0 atom stereocenters. The van der Waals surface area contributed by atoms with Gasteiger partial charge in [-0.25, -0.2) is 0 Å². The molecule has 1 aliphatic carbocycles. The maximum absolute atomic E-state index is 11.0. The maximum Gasteiger partial charge on any atom is 0.309 e. The van der Waals surface area contributed by atoms with E-state index in [4.69, 9.17) is 4.65 Å². The maximum atomic E-state index is 11.0.